The van der Waals surface area contributed by atoms with E-state index < -0.39 is 0 Å². The van der Waals surface area contributed by atoms with Gasteiger partial charge in [0.2, 0.25) is 0 Å². The van der Waals surface area contributed by atoms with Gasteiger partial charge < -0.3 is 0 Å². The molecule has 0 fully saturated rings. The molecule has 0 spiro atoms. The van der Waals surface area contributed by atoms with Crippen LogP contribution < -0.4 is 11.3 Å². The van der Waals surface area contributed by atoms with E-state index in [-0.39, 0.29) is 6.04 Å². The van der Waals surface area contributed by atoms with Crippen molar-refractivity contribution in [2.45, 2.75) is 18.9 Å². The Morgan fingerprint density at radius 1 is 1.41 bits per heavy atom. The van der Waals surface area contributed by atoms with Gasteiger partial charge in [-0.25, -0.2) is 0 Å². The Morgan fingerprint density at radius 2 is 2.29 bits per heavy atom. The van der Waals surface area contributed by atoms with Gasteiger partial charge in [-0.05, 0) is 52.4 Å². The van der Waals surface area contributed by atoms with Gasteiger partial charge in [0, 0.05) is 15.5 Å². The molecule has 0 amide bonds. The molecule has 0 bridgehead atoms. The maximum absolute atomic E-state index is 5.61. The average molecular weight is 312 g/mol. The number of pyridine rings is 1. The predicted molar refractivity (Wildman–Crippen MR) is 74.6 cm³/mol. The molecule has 0 aliphatic rings. The summed E-state index contributed by atoms with van der Waals surface area (Å²) in [5.41, 5.74) is 3.80. The molecule has 0 saturated carbocycles. The number of nitrogens with zero attached hydrogens (tertiary/aromatic N) is 1. The van der Waals surface area contributed by atoms with Crippen LogP contribution in [0.4, 0.5) is 0 Å². The summed E-state index contributed by atoms with van der Waals surface area (Å²) in [5, 5.41) is 2.09. The Balaban J connectivity index is 2.04. The highest BCUT2D eigenvalue weighted by molar-refractivity contribution is 9.10. The molecule has 0 radical (unpaired) electrons. The Bertz CT molecular complexity index is 459. The van der Waals surface area contributed by atoms with Crippen molar-refractivity contribution >= 4 is 27.3 Å². The first-order valence-electron chi connectivity index (χ1n) is 5.40. The van der Waals surface area contributed by atoms with Crippen LogP contribution in [0.15, 0.2) is 40.3 Å². The molecule has 2 rings (SSSR count). The molecule has 1 unspecified atom stereocenters. The van der Waals surface area contributed by atoms with Gasteiger partial charge in [-0.15, -0.1) is 11.3 Å². The normalized spacial score (nSPS) is 12.6. The summed E-state index contributed by atoms with van der Waals surface area (Å²) in [5.74, 6) is 5.61. The van der Waals surface area contributed by atoms with Crippen LogP contribution in [0.25, 0.3) is 0 Å². The lowest BCUT2D eigenvalue weighted by Crippen LogP contribution is -2.29. The monoisotopic (exact) mass is 311 g/mol. The molecule has 2 aromatic heterocycles. The van der Waals surface area contributed by atoms with Gasteiger partial charge in [-0.3, -0.25) is 16.3 Å². The molecule has 3 N–H and O–H groups in total. The molecule has 2 aromatic rings. The van der Waals surface area contributed by atoms with Crippen molar-refractivity contribution in [3.8, 4) is 0 Å². The molecule has 0 aliphatic carbocycles. The molecule has 0 aliphatic heterocycles. The molecule has 3 nitrogen and oxygen atoms in total. The summed E-state index contributed by atoms with van der Waals surface area (Å²) in [4.78, 5) is 5.74. The molecule has 2 heterocycles. The van der Waals surface area contributed by atoms with Crippen LogP contribution in [0.5, 0.6) is 0 Å². The highest BCUT2D eigenvalue weighted by Gasteiger charge is 2.14. The third-order valence-electron chi connectivity index (χ3n) is 2.58. The molecule has 17 heavy (non-hydrogen) atoms. The predicted octanol–water partition coefficient (Wildman–Crippen LogP) is 3.04. The summed E-state index contributed by atoms with van der Waals surface area (Å²) in [7, 11) is 0. The maximum atomic E-state index is 5.61. The largest absolute Gasteiger partial charge is 0.271 e. The Morgan fingerprint density at radius 3 is 2.94 bits per heavy atom. The van der Waals surface area contributed by atoms with Gasteiger partial charge >= 0.3 is 0 Å². The van der Waals surface area contributed by atoms with E-state index in [0.29, 0.717) is 0 Å². The van der Waals surface area contributed by atoms with E-state index in [2.05, 4.69) is 43.9 Å². The molecule has 0 saturated heterocycles. The SMILES string of the molecule is NNC(CCc1cccs1)c1ncccc1Br. The van der Waals surface area contributed by atoms with E-state index in [1.54, 1.807) is 17.5 Å². The van der Waals surface area contributed by atoms with Gasteiger partial charge in [0.15, 0.2) is 0 Å². The topological polar surface area (TPSA) is 50.9 Å². The van der Waals surface area contributed by atoms with Crippen molar-refractivity contribution in [3.05, 3.63) is 50.9 Å². The third kappa shape index (κ3) is 3.35. The van der Waals surface area contributed by atoms with Crippen LogP contribution in [-0.2, 0) is 6.42 Å². The van der Waals surface area contributed by atoms with Crippen molar-refractivity contribution in [1.29, 1.82) is 0 Å². The van der Waals surface area contributed by atoms with E-state index >= 15 is 0 Å². The number of thiophene rings is 1. The summed E-state index contributed by atoms with van der Waals surface area (Å²) < 4.78 is 0.995. The quantitative estimate of drug-likeness (QED) is 0.659. The summed E-state index contributed by atoms with van der Waals surface area (Å²) in [6, 6.07) is 8.18. The lowest BCUT2D eigenvalue weighted by Gasteiger charge is -2.16. The number of halogens is 1. The molecular weight excluding hydrogens is 298 g/mol. The fraction of sp³-hybridized carbons (Fsp3) is 0.250. The molecular formula is C12H14BrN3S. The second-order valence-electron chi connectivity index (χ2n) is 3.71. The van der Waals surface area contributed by atoms with Crippen molar-refractivity contribution in [2.24, 2.45) is 5.84 Å². The molecule has 5 heteroatoms. The van der Waals surface area contributed by atoms with E-state index in [0.717, 1.165) is 23.0 Å². The van der Waals surface area contributed by atoms with Crippen LogP contribution in [0.1, 0.15) is 23.0 Å². The molecule has 90 valence electrons. The Kier molecular flexibility index (Phi) is 4.67. The maximum Gasteiger partial charge on any atom is 0.0728 e. The zero-order valence-electron chi connectivity index (χ0n) is 9.27. The highest BCUT2D eigenvalue weighted by Crippen LogP contribution is 2.24. The fourth-order valence-electron chi connectivity index (χ4n) is 1.69. The first kappa shape index (κ1) is 12.7. The molecule has 1 atom stereocenters. The highest BCUT2D eigenvalue weighted by atomic mass is 79.9. The van der Waals surface area contributed by atoms with Crippen LogP contribution in [-0.4, -0.2) is 4.98 Å². The standard InChI is InChI=1S/C12H14BrN3S/c13-10-4-1-7-15-12(10)11(16-14)6-5-9-3-2-8-17-9/h1-4,7-8,11,16H,5-6,14H2. The molecule has 0 aromatic carbocycles. The first-order chi connectivity index (χ1) is 8.31. The van der Waals surface area contributed by atoms with Crippen molar-refractivity contribution in [2.75, 3.05) is 0 Å². The van der Waals surface area contributed by atoms with Crippen molar-refractivity contribution in [3.63, 3.8) is 0 Å². The number of hydrazine groups is 1. The summed E-state index contributed by atoms with van der Waals surface area (Å²) >= 11 is 5.28. The number of hydrogen-bond donors (Lipinski definition) is 2. The minimum absolute atomic E-state index is 0.0766. The minimum atomic E-state index is 0.0766. The second kappa shape index (κ2) is 6.26. The van der Waals surface area contributed by atoms with Crippen LogP contribution in [0.3, 0.4) is 0 Å². The Labute approximate surface area is 113 Å². The van der Waals surface area contributed by atoms with Gasteiger partial charge in [-0.1, -0.05) is 6.07 Å². The average Bonchev–Trinajstić information content (AvgIpc) is 2.85. The Hall–Kier alpha value is -0.750. The zero-order chi connectivity index (χ0) is 12.1. The van der Waals surface area contributed by atoms with E-state index in [1.165, 1.54) is 4.88 Å². The summed E-state index contributed by atoms with van der Waals surface area (Å²) in [6.45, 7) is 0. The van der Waals surface area contributed by atoms with Crippen LogP contribution in [0.2, 0.25) is 0 Å². The van der Waals surface area contributed by atoms with Crippen LogP contribution in [0, 0.1) is 0 Å². The van der Waals surface area contributed by atoms with Gasteiger partial charge in [0.05, 0.1) is 11.7 Å². The van der Waals surface area contributed by atoms with Gasteiger partial charge in [0.1, 0.15) is 0 Å². The number of aryl methyl sites for hydroxylation is 1. The number of hydrogen-bond acceptors (Lipinski definition) is 4. The second-order valence-corrected chi connectivity index (χ2v) is 5.59. The van der Waals surface area contributed by atoms with Gasteiger partial charge in [-0.2, -0.15) is 0 Å². The smallest absolute Gasteiger partial charge is 0.0728 e. The number of nitrogens with two attached hydrogens (primary N) is 1. The lowest BCUT2D eigenvalue weighted by molar-refractivity contribution is 0.504. The number of nitrogens with one attached hydrogen (secondary N) is 1. The van der Waals surface area contributed by atoms with Crippen molar-refractivity contribution in [1.82, 2.24) is 10.4 Å². The van der Waals surface area contributed by atoms with E-state index in [4.69, 9.17) is 5.84 Å². The zero-order valence-corrected chi connectivity index (χ0v) is 11.7. The van der Waals surface area contributed by atoms with Crippen molar-refractivity contribution < 1.29 is 0 Å². The number of aromatic nitrogens is 1. The van der Waals surface area contributed by atoms with Gasteiger partial charge in [0.25, 0.3) is 0 Å². The minimum Gasteiger partial charge on any atom is -0.271 e. The first-order valence-corrected chi connectivity index (χ1v) is 7.07. The number of rotatable bonds is 5. The summed E-state index contributed by atoms with van der Waals surface area (Å²) in [6.07, 6.45) is 3.73. The van der Waals surface area contributed by atoms with E-state index in [9.17, 15) is 0 Å². The lowest BCUT2D eigenvalue weighted by atomic mass is 10.1. The van der Waals surface area contributed by atoms with E-state index in [1.807, 2.05) is 12.1 Å². The fourth-order valence-corrected chi connectivity index (χ4v) is 2.95. The third-order valence-corrected chi connectivity index (χ3v) is 4.18. The van der Waals surface area contributed by atoms with Crippen LogP contribution >= 0.6 is 27.3 Å².